The van der Waals surface area contributed by atoms with Crippen LogP contribution in [0.1, 0.15) is 24.0 Å². The molecule has 0 aliphatic heterocycles. The first kappa shape index (κ1) is 16.2. The highest BCUT2D eigenvalue weighted by Crippen LogP contribution is 2.34. The van der Waals surface area contributed by atoms with Gasteiger partial charge in [-0.2, -0.15) is 5.10 Å². The normalized spacial score (nSPS) is 18.5. The molecule has 0 unspecified atom stereocenters. The van der Waals surface area contributed by atoms with Crippen molar-refractivity contribution in [2.75, 3.05) is 6.54 Å². The van der Waals surface area contributed by atoms with Crippen LogP contribution in [0.3, 0.4) is 0 Å². The number of nitrogens with zero attached hydrogens (tertiary/aromatic N) is 4. The van der Waals surface area contributed by atoms with Crippen molar-refractivity contribution in [3.8, 4) is 0 Å². The predicted octanol–water partition coefficient (Wildman–Crippen LogP) is 1.78. The first-order valence-electron chi connectivity index (χ1n) is 8.77. The molecule has 1 aromatic heterocycles. The van der Waals surface area contributed by atoms with Gasteiger partial charge in [0.2, 0.25) is 0 Å². The Bertz CT molecular complexity index is 746. The van der Waals surface area contributed by atoms with E-state index in [0.717, 1.165) is 12.8 Å². The van der Waals surface area contributed by atoms with E-state index in [1.165, 1.54) is 41.0 Å². The summed E-state index contributed by atoms with van der Waals surface area (Å²) in [6, 6.07) is 9.55. The Morgan fingerprint density at radius 1 is 1.28 bits per heavy atom. The van der Waals surface area contributed by atoms with Crippen molar-refractivity contribution in [1.29, 1.82) is 0 Å². The minimum Gasteiger partial charge on any atom is -0.390 e. The van der Waals surface area contributed by atoms with Crippen LogP contribution in [-0.4, -0.2) is 49.4 Å². The highest BCUT2D eigenvalue weighted by molar-refractivity contribution is 5.33. The summed E-state index contributed by atoms with van der Waals surface area (Å²) in [5.74, 6) is 0. The van der Waals surface area contributed by atoms with Gasteiger partial charge in [0, 0.05) is 18.6 Å². The first-order chi connectivity index (χ1) is 12.1. The monoisotopic (exact) mass is 342 g/mol. The van der Waals surface area contributed by atoms with Crippen LogP contribution in [0.2, 0.25) is 0 Å². The molecule has 1 fully saturated rings. The lowest BCUT2D eigenvalue weighted by Crippen LogP contribution is -2.43. The van der Waals surface area contributed by atoms with Crippen LogP contribution in [0, 0.1) is 10.1 Å². The van der Waals surface area contributed by atoms with Crippen LogP contribution >= 0.6 is 0 Å². The maximum absolute atomic E-state index is 10.7. The fourth-order valence-electron chi connectivity index (χ4n) is 3.84. The third kappa shape index (κ3) is 3.57. The maximum Gasteiger partial charge on any atom is 0.306 e. The summed E-state index contributed by atoms with van der Waals surface area (Å²) in [6.45, 7) is 0.855. The molecule has 132 valence electrons. The van der Waals surface area contributed by atoms with E-state index in [-0.39, 0.29) is 12.2 Å². The van der Waals surface area contributed by atoms with E-state index in [1.54, 1.807) is 0 Å². The molecule has 2 aromatic rings. The van der Waals surface area contributed by atoms with Gasteiger partial charge in [0.1, 0.15) is 12.4 Å². The van der Waals surface area contributed by atoms with Crippen LogP contribution in [-0.2, 0) is 19.4 Å². The lowest BCUT2D eigenvalue weighted by atomic mass is 10.1. The molecule has 0 spiro atoms. The van der Waals surface area contributed by atoms with Crippen LogP contribution < -0.4 is 0 Å². The molecule has 1 aromatic carbocycles. The molecule has 7 nitrogen and oxygen atoms in total. The van der Waals surface area contributed by atoms with Gasteiger partial charge in [-0.1, -0.05) is 24.3 Å². The van der Waals surface area contributed by atoms with Crippen molar-refractivity contribution in [2.45, 2.75) is 50.4 Å². The standard InChI is InChI=1S/C18H22N4O3/c23-18(11-20-10-17(9-19-20)22(24)25)12-21(15-5-6-15)16-7-13-3-1-2-4-14(13)8-16/h1-4,9-10,15-16,18,23H,5-8,11-12H2/t18-/m1/s1. The fraction of sp³-hybridized carbons (Fsp3) is 0.500. The smallest absolute Gasteiger partial charge is 0.306 e. The molecule has 1 N–H and O–H groups in total. The Kier molecular flexibility index (Phi) is 4.27. The second kappa shape index (κ2) is 6.57. The van der Waals surface area contributed by atoms with Crippen molar-refractivity contribution in [3.05, 3.63) is 57.9 Å². The quantitative estimate of drug-likeness (QED) is 0.612. The molecule has 0 radical (unpaired) electrons. The van der Waals surface area contributed by atoms with E-state index in [2.05, 4.69) is 34.3 Å². The van der Waals surface area contributed by atoms with Crippen molar-refractivity contribution >= 4 is 5.69 Å². The van der Waals surface area contributed by atoms with Gasteiger partial charge in [-0.3, -0.25) is 19.7 Å². The van der Waals surface area contributed by atoms with Crippen LogP contribution in [0.15, 0.2) is 36.7 Å². The number of nitro groups is 1. The number of rotatable bonds is 7. The lowest BCUT2D eigenvalue weighted by Gasteiger charge is -2.30. The summed E-state index contributed by atoms with van der Waals surface area (Å²) in [7, 11) is 0. The highest BCUT2D eigenvalue weighted by atomic mass is 16.6. The molecule has 1 saturated carbocycles. The maximum atomic E-state index is 10.7. The van der Waals surface area contributed by atoms with Gasteiger partial charge in [0.05, 0.1) is 17.6 Å². The Morgan fingerprint density at radius 3 is 2.52 bits per heavy atom. The van der Waals surface area contributed by atoms with Crippen LogP contribution in [0.4, 0.5) is 5.69 Å². The summed E-state index contributed by atoms with van der Waals surface area (Å²) in [6.07, 6.45) is 6.44. The van der Waals surface area contributed by atoms with E-state index in [4.69, 9.17) is 0 Å². The number of benzene rings is 1. The first-order valence-corrected chi connectivity index (χ1v) is 8.77. The number of hydrogen-bond donors (Lipinski definition) is 1. The molecule has 25 heavy (non-hydrogen) atoms. The lowest BCUT2D eigenvalue weighted by molar-refractivity contribution is -0.385. The van der Waals surface area contributed by atoms with E-state index in [1.807, 2.05) is 0 Å². The number of aliphatic hydroxyl groups excluding tert-OH is 1. The summed E-state index contributed by atoms with van der Waals surface area (Å²) in [4.78, 5) is 12.7. The van der Waals surface area contributed by atoms with Crippen molar-refractivity contribution in [1.82, 2.24) is 14.7 Å². The molecule has 2 aliphatic rings. The number of hydrogen-bond acceptors (Lipinski definition) is 5. The van der Waals surface area contributed by atoms with Crippen LogP contribution in [0.25, 0.3) is 0 Å². The van der Waals surface area contributed by atoms with Gasteiger partial charge >= 0.3 is 5.69 Å². The summed E-state index contributed by atoms with van der Waals surface area (Å²) in [5.41, 5.74) is 2.78. The second-order valence-corrected chi connectivity index (χ2v) is 7.09. The van der Waals surface area contributed by atoms with Crippen molar-refractivity contribution in [2.24, 2.45) is 0 Å². The Morgan fingerprint density at radius 2 is 1.96 bits per heavy atom. The van der Waals surface area contributed by atoms with Crippen LogP contribution in [0.5, 0.6) is 0 Å². The summed E-state index contributed by atoms with van der Waals surface area (Å²) >= 11 is 0. The molecule has 1 atom stereocenters. The van der Waals surface area contributed by atoms with Gasteiger partial charge in [-0.15, -0.1) is 0 Å². The Labute approximate surface area is 146 Å². The van der Waals surface area contributed by atoms with Gasteiger partial charge in [-0.05, 0) is 36.8 Å². The molecule has 0 bridgehead atoms. The zero-order valence-electron chi connectivity index (χ0n) is 14.0. The predicted molar refractivity (Wildman–Crippen MR) is 92.3 cm³/mol. The zero-order valence-corrected chi connectivity index (χ0v) is 14.0. The number of aliphatic hydroxyl groups is 1. The third-order valence-corrected chi connectivity index (χ3v) is 5.16. The van der Waals surface area contributed by atoms with Gasteiger partial charge in [0.25, 0.3) is 0 Å². The SMILES string of the molecule is O=[N+]([O-])c1cnn(C[C@@H](O)CN(C2CC2)C2Cc3ccccc3C2)c1. The van der Waals surface area contributed by atoms with Gasteiger partial charge in [-0.25, -0.2) is 0 Å². The summed E-state index contributed by atoms with van der Waals surface area (Å²) < 4.78 is 1.46. The third-order valence-electron chi connectivity index (χ3n) is 5.16. The molecule has 0 saturated heterocycles. The van der Waals surface area contributed by atoms with E-state index in [9.17, 15) is 15.2 Å². The molecule has 7 heteroatoms. The van der Waals surface area contributed by atoms with Gasteiger partial charge in [0.15, 0.2) is 0 Å². The van der Waals surface area contributed by atoms with E-state index >= 15 is 0 Å². The molecular formula is C18H22N4O3. The average Bonchev–Trinajstić information content (AvgIpc) is 3.16. The van der Waals surface area contributed by atoms with E-state index < -0.39 is 11.0 Å². The Balaban J connectivity index is 1.39. The molecule has 0 amide bonds. The molecule has 2 aliphatic carbocycles. The summed E-state index contributed by atoms with van der Waals surface area (Å²) in [5, 5.41) is 25.2. The second-order valence-electron chi connectivity index (χ2n) is 7.09. The average molecular weight is 342 g/mol. The molecule has 4 rings (SSSR count). The largest absolute Gasteiger partial charge is 0.390 e. The van der Waals surface area contributed by atoms with Gasteiger partial charge < -0.3 is 5.11 Å². The fourth-order valence-corrected chi connectivity index (χ4v) is 3.84. The number of fused-ring (bicyclic) bond motifs is 1. The molecular weight excluding hydrogens is 320 g/mol. The highest BCUT2D eigenvalue weighted by Gasteiger charge is 2.37. The Hall–Kier alpha value is -2.25. The zero-order chi connectivity index (χ0) is 17.4. The topological polar surface area (TPSA) is 84.4 Å². The number of aromatic nitrogens is 2. The van der Waals surface area contributed by atoms with Crippen molar-refractivity contribution in [3.63, 3.8) is 0 Å². The van der Waals surface area contributed by atoms with E-state index in [0.29, 0.717) is 18.6 Å². The minimum absolute atomic E-state index is 0.0440. The molecule has 1 heterocycles. The van der Waals surface area contributed by atoms with Crippen molar-refractivity contribution < 1.29 is 10.0 Å². The minimum atomic E-state index is -0.594.